The lowest BCUT2D eigenvalue weighted by atomic mass is 10.0. The van der Waals surface area contributed by atoms with Crippen LogP contribution >= 0.6 is 23.2 Å². The Bertz CT molecular complexity index is 838. The first-order valence-electron chi connectivity index (χ1n) is 8.61. The van der Waals surface area contributed by atoms with Crippen LogP contribution in [0.3, 0.4) is 0 Å². The molecule has 2 saturated heterocycles. The van der Waals surface area contributed by atoms with Crippen LogP contribution in [0.1, 0.15) is 24.2 Å². The Labute approximate surface area is 169 Å². The van der Waals surface area contributed by atoms with E-state index in [0.29, 0.717) is 33.0 Å². The summed E-state index contributed by atoms with van der Waals surface area (Å²) in [5.74, 6) is -0.344. The minimum Gasteiger partial charge on any atom is -0.379 e. The number of hydrogen-bond acceptors (Lipinski definition) is 5. The second-order valence-electron chi connectivity index (χ2n) is 7.10. The summed E-state index contributed by atoms with van der Waals surface area (Å²) in [6, 6.07) is 2.60. The lowest BCUT2D eigenvalue weighted by Crippen LogP contribution is -2.55. The lowest BCUT2D eigenvalue weighted by Gasteiger charge is -2.42. The minimum absolute atomic E-state index is 0.00993. The van der Waals surface area contributed by atoms with Gasteiger partial charge in [0.25, 0.3) is 5.91 Å². The van der Waals surface area contributed by atoms with Crippen LogP contribution in [0.2, 0.25) is 10.0 Å². The van der Waals surface area contributed by atoms with Crippen LogP contribution in [0.5, 0.6) is 0 Å². The van der Waals surface area contributed by atoms with Crippen molar-refractivity contribution in [1.29, 1.82) is 0 Å². The molecule has 0 bridgehead atoms. The van der Waals surface area contributed by atoms with E-state index in [0.717, 1.165) is 0 Å². The molecule has 0 N–H and O–H groups in total. The minimum atomic E-state index is -3.86. The molecule has 2 aliphatic rings. The van der Waals surface area contributed by atoms with E-state index in [2.05, 4.69) is 0 Å². The summed E-state index contributed by atoms with van der Waals surface area (Å²) in [4.78, 5) is 14.6. The van der Waals surface area contributed by atoms with Gasteiger partial charge in [0.2, 0.25) is 10.0 Å². The number of morpholine rings is 2. The summed E-state index contributed by atoms with van der Waals surface area (Å²) < 4.78 is 38.0. The van der Waals surface area contributed by atoms with Gasteiger partial charge < -0.3 is 14.4 Å². The molecule has 0 aromatic heterocycles. The molecule has 1 aromatic rings. The van der Waals surface area contributed by atoms with Crippen molar-refractivity contribution in [3.63, 3.8) is 0 Å². The molecule has 2 fully saturated rings. The molecule has 2 heterocycles. The van der Waals surface area contributed by atoms with E-state index in [1.807, 2.05) is 13.8 Å². The first kappa shape index (κ1) is 20.8. The van der Waals surface area contributed by atoms with Crippen molar-refractivity contribution in [3.05, 3.63) is 27.7 Å². The second kappa shape index (κ2) is 7.85. The van der Waals surface area contributed by atoms with E-state index < -0.39 is 15.6 Å². The van der Waals surface area contributed by atoms with Crippen LogP contribution in [0.4, 0.5) is 0 Å². The van der Waals surface area contributed by atoms with Crippen molar-refractivity contribution in [2.75, 3.05) is 46.1 Å². The summed E-state index contributed by atoms with van der Waals surface area (Å²) in [6.07, 6.45) is 0. The van der Waals surface area contributed by atoms with Gasteiger partial charge in [0.05, 0.1) is 47.6 Å². The molecule has 150 valence electrons. The smallest absolute Gasteiger partial charge is 0.256 e. The number of sulfonamides is 1. The fraction of sp³-hybridized carbons (Fsp3) is 0.588. The zero-order chi connectivity index (χ0) is 19.8. The molecule has 1 amide bonds. The third kappa shape index (κ3) is 4.11. The topological polar surface area (TPSA) is 76.2 Å². The molecule has 0 saturated carbocycles. The highest BCUT2D eigenvalue weighted by molar-refractivity contribution is 7.89. The number of rotatable bonds is 3. The molecule has 10 heteroatoms. The predicted molar refractivity (Wildman–Crippen MR) is 102 cm³/mol. The molecule has 0 aliphatic carbocycles. The number of halogens is 2. The van der Waals surface area contributed by atoms with Crippen molar-refractivity contribution in [3.8, 4) is 0 Å². The van der Waals surface area contributed by atoms with Gasteiger partial charge >= 0.3 is 0 Å². The number of hydrogen-bond donors (Lipinski definition) is 0. The molecule has 3 rings (SSSR count). The van der Waals surface area contributed by atoms with Crippen molar-refractivity contribution >= 4 is 39.1 Å². The number of benzene rings is 1. The van der Waals surface area contributed by atoms with Crippen LogP contribution < -0.4 is 0 Å². The normalized spacial score (nSPS) is 21.3. The molecule has 0 radical (unpaired) electrons. The Kier molecular flexibility index (Phi) is 6.05. The third-order valence-electron chi connectivity index (χ3n) is 4.73. The quantitative estimate of drug-likeness (QED) is 0.725. The molecule has 0 spiro atoms. The van der Waals surface area contributed by atoms with Gasteiger partial charge in [0.15, 0.2) is 0 Å². The van der Waals surface area contributed by atoms with Gasteiger partial charge in [-0.2, -0.15) is 4.31 Å². The highest BCUT2D eigenvalue weighted by atomic mass is 35.5. The standard InChI is InChI=1S/C17H22Cl2N2O5S/c1-17(2)11-26-8-5-21(17)16(22)12-9-15(14(19)10-13(12)18)27(23,24)20-3-6-25-7-4-20/h9-10H,3-8,11H2,1-2H3. The maximum atomic E-state index is 13.1. The SMILES string of the molecule is CC1(C)COCCN1C(=O)c1cc(S(=O)(=O)N2CCOCC2)c(Cl)cc1Cl. The number of carbonyl (C=O) groups excluding carboxylic acids is 1. The zero-order valence-corrected chi connectivity index (χ0v) is 17.5. The van der Waals surface area contributed by atoms with E-state index in [1.54, 1.807) is 4.90 Å². The van der Waals surface area contributed by atoms with Crippen LogP contribution in [-0.2, 0) is 19.5 Å². The van der Waals surface area contributed by atoms with Gasteiger partial charge in [0, 0.05) is 19.6 Å². The van der Waals surface area contributed by atoms with Crippen LogP contribution in [0, 0.1) is 0 Å². The number of ether oxygens (including phenoxy) is 2. The van der Waals surface area contributed by atoms with Crippen molar-refractivity contribution < 1.29 is 22.7 Å². The molecule has 0 atom stereocenters. The summed E-state index contributed by atoms with van der Waals surface area (Å²) in [5, 5.41) is 0.109. The summed E-state index contributed by atoms with van der Waals surface area (Å²) in [6.45, 7) is 6.09. The second-order valence-corrected chi connectivity index (χ2v) is 9.82. The number of amides is 1. The summed E-state index contributed by atoms with van der Waals surface area (Å²) in [7, 11) is -3.86. The molecular formula is C17H22Cl2N2O5S. The average Bonchev–Trinajstić information content (AvgIpc) is 2.61. The highest BCUT2D eigenvalue weighted by Crippen LogP contribution is 2.33. The summed E-state index contributed by atoms with van der Waals surface area (Å²) in [5.41, 5.74) is -0.412. The van der Waals surface area contributed by atoms with Gasteiger partial charge in [-0.1, -0.05) is 23.2 Å². The molecule has 1 aromatic carbocycles. The number of nitrogens with zero attached hydrogens (tertiary/aromatic N) is 2. The molecule has 27 heavy (non-hydrogen) atoms. The Balaban J connectivity index is 2.00. The Morgan fingerprint density at radius 2 is 1.67 bits per heavy atom. The predicted octanol–water partition coefficient (Wildman–Crippen LogP) is 2.27. The van der Waals surface area contributed by atoms with E-state index in [4.69, 9.17) is 32.7 Å². The first-order valence-corrected chi connectivity index (χ1v) is 10.8. The fourth-order valence-corrected chi connectivity index (χ4v) is 5.43. The summed E-state index contributed by atoms with van der Waals surface area (Å²) >= 11 is 12.4. The van der Waals surface area contributed by atoms with Gasteiger partial charge in [0.1, 0.15) is 4.90 Å². The Morgan fingerprint density at radius 3 is 2.30 bits per heavy atom. The van der Waals surface area contributed by atoms with Gasteiger partial charge in [-0.3, -0.25) is 4.79 Å². The Hall–Kier alpha value is -0.900. The fourth-order valence-electron chi connectivity index (χ4n) is 3.20. The number of carbonyl (C=O) groups is 1. The third-order valence-corrected chi connectivity index (χ3v) is 7.41. The van der Waals surface area contributed by atoms with E-state index in [1.165, 1.54) is 16.4 Å². The van der Waals surface area contributed by atoms with Crippen molar-refractivity contribution in [2.24, 2.45) is 0 Å². The van der Waals surface area contributed by atoms with E-state index in [9.17, 15) is 13.2 Å². The molecular weight excluding hydrogens is 415 g/mol. The van der Waals surface area contributed by atoms with Crippen molar-refractivity contribution in [2.45, 2.75) is 24.3 Å². The monoisotopic (exact) mass is 436 g/mol. The first-order chi connectivity index (χ1) is 12.6. The van der Waals surface area contributed by atoms with E-state index in [-0.39, 0.29) is 39.5 Å². The molecule has 2 aliphatic heterocycles. The van der Waals surface area contributed by atoms with Gasteiger partial charge in [-0.05, 0) is 26.0 Å². The van der Waals surface area contributed by atoms with Crippen LogP contribution in [-0.4, -0.2) is 75.1 Å². The zero-order valence-electron chi connectivity index (χ0n) is 15.2. The maximum Gasteiger partial charge on any atom is 0.256 e. The van der Waals surface area contributed by atoms with Crippen molar-refractivity contribution in [1.82, 2.24) is 9.21 Å². The van der Waals surface area contributed by atoms with Gasteiger partial charge in [-0.15, -0.1) is 0 Å². The average molecular weight is 437 g/mol. The molecule has 0 unspecified atom stereocenters. The maximum absolute atomic E-state index is 13.1. The molecule has 7 nitrogen and oxygen atoms in total. The van der Waals surface area contributed by atoms with Crippen LogP contribution in [0.15, 0.2) is 17.0 Å². The van der Waals surface area contributed by atoms with Crippen LogP contribution in [0.25, 0.3) is 0 Å². The Morgan fingerprint density at radius 1 is 1.04 bits per heavy atom. The highest BCUT2D eigenvalue weighted by Gasteiger charge is 2.37. The van der Waals surface area contributed by atoms with Gasteiger partial charge in [-0.25, -0.2) is 8.42 Å². The lowest BCUT2D eigenvalue weighted by molar-refractivity contribution is -0.0370. The largest absolute Gasteiger partial charge is 0.379 e. The van der Waals surface area contributed by atoms with E-state index >= 15 is 0 Å².